The van der Waals surface area contributed by atoms with Crippen LogP contribution in [0.3, 0.4) is 0 Å². The molecule has 2 amide bonds. The van der Waals surface area contributed by atoms with Crippen LogP contribution >= 0.6 is 0 Å². The second-order valence-corrected chi connectivity index (χ2v) is 4.54. The van der Waals surface area contributed by atoms with Crippen molar-refractivity contribution in [1.82, 2.24) is 5.32 Å². The molecule has 0 saturated heterocycles. The molecule has 1 aromatic carbocycles. The van der Waals surface area contributed by atoms with Gasteiger partial charge in [-0.15, -0.1) is 0 Å². The molecule has 1 rings (SSSR count). The van der Waals surface area contributed by atoms with Crippen molar-refractivity contribution in [2.45, 2.75) is 13.8 Å². The van der Waals surface area contributed by atoms with Crippen LogP contribution in [0.4, 0.5) is 10.5 Å². The fraction of sp³-hybridized carbons (Fsp3) is 0.375. The van der Waals surface area contributed by atoms with Crippen molar-refractivity contribution in [3.8, 4) is 0 Å². The van der Waals surface area contributed by atoms with Gasteiger partial charge in [-0.25, -0.2) is 14.4 Å². The van der Waals surface area contributed by atoms with Gasteiger partial charge in [-0.05, 0) is 38.1 Å². The van der Waals surface area contributed by atoms with Gasteiger partial charge in [-0.2, -0.15) is 0 Å². The highest BCUT2D eigenvalue weighted by molar-refractivity contribution is 6.32. The lowest BCUT2D eigenvalue weighted by molar-refractivity contribution is -0.154. The molecule has 0 unspecified atom stereocenters. The highest BCUT2D eigenvalue weighted by atomic mass is 16.6. The topological polar surface area (TPSA) is 120 Å². The van der Waals surface area contributed by atoms with Crippen molar-refractivity contribution in [3.05, 3.63) is 29.8 Å². The summed E-state index contributed by atoms with van der Waals surface area (Å²) in [4.78, 5) is 45.3. The van der Waals surface area contributed by atoms with Gasteiger partial charge in [0.2, 0.25) is 0 Å². The van der Waals surface area contributed by atoms with Crippen LogP contribution in [-0.2, 0) is 23.8 Å². The summed E-state index contributed by atoms with van der Waals surface area (Å²) in [5.74, 6) is -2.34. The fourth-order valence-electron chi connectivity index (χ4n) is 1.64. The number of rotatable bonds is 7. The van der Waals surface area contributed by atoms with Gasteiger partial charge < -0.3 is 19.5 Å². The Morgan fingerprint density at radius 1 is 0.920 bits per heavy atom. The fourth-order valence-corrected chi connectivity index (χ4v) is 1.64. The first kappa shape index (κ1) is 19.9. The van der Waals surface area contributed by atoms with Gasteiger partial charge in [-0.3, -0.25) is 10.1 Å². The molecule has 9 nitrogen and oxygen atoms in total. The van der Waals surface area contributed by atoms with E-state index in [0.29, 0.717) is 11.3 Å². The quantitative estimate of drug-likeness (QED) is 0.326. The van der Waals surface area contributed by atoms with Crippen molar-refractivity contribution >= 4 is 29.6 Å². The minimum Gasteiger partial charge on any atom is -0.462 e. The molecular weight excluding hydrogens is 332 g/mol. The van der Waals surface area contributed by atoms with Crippen molar-refractivity contribution in [2.24, 2.45) is 0 Å². The minimum absolute atomic E-state index is 0.0349. The molecule has 0 radical (unpaired) electrons. The van der Waals surface area contributed by atoms with Gasteiger partial charge in [0.25, 0.3) is 0 Å². The van der Waals surface area contributed by atoms with Gasteiger partial charge in [0.15, 0.2) is 0 Å². The normalized spacial score (nSPS) is 9.68. The van der Waals surface area contributed by atoms with Gasteiger partial charge in [0.1, 0.15) is 6.61 Å². The van der Waals surface area contributed by atoms with Gasteiger partial charge in [0, 0.05) is 5.69 Å². The van der Waals surface area contributed by atoms with Crippen LogP contribution in [0.2, 0.25) is 0 Å². The summed E-state index contributed by atoms with van der Waals surface area (Å²) in [6.45, 7) is 3.50. The Balaban J connectivity index is 2.31. The zero-order valence-corrected chi connectivity index (χ0v) is 14.0. The van der Waals surface area contributed by atoms with Gasteiger partial charge >= 0.3 is 23.9 Å². The maximum Gasteiger partial charge on any atom is 0.411 e. The number of hydrogen-bond donors (Lipinski definition) is 2. The number of carbonyl (C=O) groups is 4. The van der Waals surface area contributed by atoms with E-state index in [1.54, 1.807) is 13.8 Å². The average molecular weight is 352 g/mol. The number of benzene rings is 1. The molecular formula is C16H20N2O7. The Labute approximate surface area is 144 Å². The largest absolute Gasteiger partial charge is 0.462 e. The van der Waals surface area contributed by atoms with Crippen LogP contribution in [-0.4, -0.2) is 50.3 Å². The first-order valence-corrected chi connectivity index (χ1v) is 7.63. The van der Waals surface area contributed by atoms with Crippen molar-refractivity contribution < 1.29 is 33.4 Å². The Hall–Kier alpha value is -3.10. The molecule has 0 bridgehead atoms. The predicted octanol–water partition coefficient (Wildman–Crippen LogP) is 1.09. The first-order chi connectivity index (χ1) is 12.0. The lowest BCUT2D eigenvalue weighted by atomic mass is 10.2. The summed E-state index contributed by atoms with van der Waals surface area (Å²) in [6, 6.07) is 6.06. The molecule has 136 valence electrons. The van der Waals surface area contributed by atoms with E-state index in [4.69, 9.17) is 9.47 Å². The van der Waals surface area contributed by atoms with E-state index in [0.717, 1.165) is 0 Å². The van der Waals surface area contributed by atoms with E-state index in [9.17, 15) is 19.2 Å². The number of hydrogen-bond acceptors (Lipinski definition) is 7. The second kappa shape index (κ2) is 10.6. The molecule has 2 N–H and O–H groups in total. The minimum atomic E-state index is -0.992. The van der Waals surface area contributed by atoms with Crippen LogP contribution < -0.4 is 10.6 Å². The number of anilines is 1. The van der Waals surface area contributed by atoms with Crippen molar-refractivity contribution in [3.63, 3.8) is 0 Å². The number of carbonyl (C=O) groups excluding carboxylic acids is 4. The van der Waals surface area contributed by atoms with E-state index in [-0.39, 0.29) is 26.4 Å². The van der Waals surface area contributed by atoms with E-state index in [2.05, 4.69) is 15.4 Å². The third-order valence-corrected chi connectivity index (χ3v) is 2.72. The number of amides is 2. The lowest BCUT2D eigenvalue weighted by Gasteiger charge is -2.08. The molecule has 0 atom stereocenters. The average Bonchev–Trinajstić information content (AvgIpc) is 2.59. The molecule has 0 aliphatic heterocycles. The molecule has 9 heteroatoms. The Morgan fingerprint density at radius 2 is 1.56 bits per heavy atom. The predicted molar refractivity (Wildman–Crippen MR) is 87.0 cm³/mol. The number of esters is 2. The number of ether oxygens (including phenoxy) is 3. The molecule has 0 heterocycles. The summed E-state index contributed by atoms with van der Waals surface area (Å²) >= 11 is 0. The number of nitrogens with one attached hydrogen (secondary N) is 2. The van der Waals surface area contributed by atoms with Gasteiger partial charge in [-0.1, -0.05) is 0 Å². The molecule has 0 aromatic heterocycles. The molecule has 0 fully saturated rings. The summed E-state index contributed by atoms with van der Waals surface area (Å²) in [7, 11) is 0. The summed E-state index contributed by atoms with van der Waals surface area (Å²) in [6.07, 6.45) is -0.741. The van der Waals surface area contributed by atoms with E-state index in [1.165, 1.54) is 24.3 Å². The van der Waals surface area contributed by atoms with Crippen LogP contribution in [0.15, 0.2) is 24.3 Å². The van der Waals surface area contributed by atoms with Crippen molar-refractivity contribution in [2.75, 3.05) is 31.7 Å². The second-order valence-electron chi connectivity index (χ2n) is 4.54. The molecule has 1 aromatic rings. The Bertz CT molecular complexity index is 613. The van der Waals surface area contributed by atoms with E-state index in [1.807, 2.05) is 0 Å². The van der Waals surface area contributed by atoms with Crippen molar-refractivity contribution in [1.29, 1.82) is 0 Å². The standard InChI is InChI=1S/C16H20N2O7/c1-3-23-14(20)11-5-7-12(8-6-11)18-16(22)25-10-9-17-13(19)15(21)24-4-2/h5-8H,3-4,9-10H2,1-2H3,(H,17,19)(H,18,22). The highest BCUT2D eigenvalue weighted by Crippen LogP contribution is 2.10. The van der Waals surface area contributed by atoms with Gasteiger partial charge in [0.05, 0.1) is 25.3 Å². The monoisotopic (exact) mass is 352 g/mol. The summed E-state index contributed by atoms with van der Waals surface area (Å²) in [5, 5.41) is 4.70. The Kier molecular flexibility index (Phi) is 8.48. The van der Waals surface area contributed by atoms with Crippen LogP contribution in [0.5, 0.6) is 0 Å². The van der Waals surface area contributed by atoms with Crippen LogP contribution in [0.1, 0.15) is 24.2 Å². The van der Waals surface area contributed by atoms with E-state index >= 15 is 0 Å². The highest BCUT2D eigenvalue weighted by Gasteiger charge is 2.13. The molecule has 0 aliphatic carbocycles. The van der Waals surface area contributed by atoms with E-state index < -0.39 is 23.9 Å². The first-order valence-electron chi connectivity index (χ1n) is 7.63. The Morgan fingerprint density at radius 3 is 2.16 bits per heavy atom. The maximum atomic E-state index is 11.6. The summed E-state index contributed by atoms with van der Waals surface area (Å²) < 4.78 is 14.2. The smallest absolute Gasteiger partial charge is 0.411 e. The molecule has 0 aliphatic rings. The van der Waals surface area contributed by atoms with Crippen LogP contribution in [0, 0.1) is 0 Å². The van der Waals surface area contributed by atoms with Crippen LogP contribution in [0.25, 0.3) is 0 Å². The molecule has 25 heavy (non-hydrogen) atoms. The zero-order chi connectivity index (χ0) is 18.7. The third kappa shape index (κ3) is 7.34. The molecule has 0 saturated carbocycles. The SMILES string of the molecule is CCOC(=O)C(=O)NCCOC(=O)Nc1ccc(C(=O)OCC)cc1. The summed E-state index contributed by atoms with van der Waals surface area (Å²) in [5.41, 5.74) is 0.788. The lowest BCUT2D eigenvalue weighted by Crippen LogP contribution is -2.35. The maximum absolute atomic E-state index is 11.6. The molecule has 0 spiro atoms. The zero-order valence-electron chi connectivity index (χ0n) is 14.0. The third-order valence-electron chi connectivity index (χ3n) is 2.72.